The molecule has 21 heavy (non-hydrogen) atoms. The molecule has 1 heterocycles. The monoisotopic (exact) mass is 290 g/mol. The van der Waals surface area contributed by atoms with Gasteiger partial charge in [0.15, 0.2) is 0 Å². The van der Waals surface area contributed by atoms with Crippen LogP contribution in [0.15, 0.2) is 30.3 Å². The third-order valence-electron chi connectivity index (χ3n) is 3.97. The highest BCUT2D eigenvalue weighted by molar-refractivity contribution is 5.76. The molecule has 0 spiro atoms. The summed E-state index contributed by atoms with van der Waals surface area (Å²) >= 11 is 0. The van der Waals surface area contributed by atoms with Crippen molar-refractivity contribution in [3.05, 3.63) is 35.9 Å². The lowest BCUT2D eigenvalue weighted by molar-refractivity contribution is -0.124. The second-order valence-corrected chi connectivity index (χ2v) is 6.42. The fourth-order valence-corrected chi connectivity index (χ4v) is 2.81. The Balaban J connectivity index is 1.75. The van der Waals surface area contributed by atoms with E-state index in [1.165, 1.54) is 0 Å². The van der Waals surface area contributed by atoms with E-state index < -0.39 is 0 Å². The first-order chi connectivity index (χ1) is 9.96. The van der Waals surface area contributed by atoms with Gasteiger partial charge in [-0.15, -0.1) is 0 Å². The van der Waals surface area contributed by atoms with Crippen LogP contribution < -0.4 is 11.1 Å². The molecule has 4 heteroatoms. The summed E-state index contributed by atoms with van der Waals surface area (Å²) in [5, 5.41) is 3.11. The molecule has 1 aromatic rings. The first-order valence-electron chi connectivity index (χ1n) is 7.70. The number of amides is 1. The average molecular weight is 290 g/mol. The van der Waals surface area contributed by atoms with E-state index in [0.29, 0.717) is 19.4 Å². The second-order valence-electron chi connectivity index (χ2n) is 6.42. The summed E-state index contributed by atoms with van der Waals surface area (Å²) in [5.74, 6) is 0.0871. The van der Waals surface area contributed by atoms with Crippen molar-refractivity contribution in [2.45, 2.75) is 57.2 Å². The normalized spacial score (nSPS) is 22.5. The van der Waals surface area contributed by atoms with Crippen molar-refractivity contribution in [3.63, 3.8) is 0 Å². The van der Waals surface area contributed by atoms with Gasteiger partial charge in [-0.05, 0) is 38.7 Å². The highest BCUT2D eigenvalue weighted by atomic mass is 16.5. The molecule has 3 N–H and O–H groups in total. The zero-order valence-corrected chi connectivity index (χ0v) is 13.0. The molecule has 1 aromatic carbocycles. The van der Waals surface area contributed by atoms with Crippen molar-refractivity contribution in [2.24, 2.45) is 5.73 Å². The van der Waals surface area contributed by atoms with Crippen LogP contribution in [0.2, 0.25) is 0 Å². The standard InChI is InChI=1S/C17H26N2O2/c1-17(2)12-14(10-11-21-17)19-16(20)9-8-15(18)13-6-4-3-5-7-13/h3-7,14-15H,8-12,18H2,1-2H3,(H,19,20). The Bertz CT molecular complexity index is 459. The summed E-state index contributed by atoms with van der Waals surface area (Å²) in [6.07, 6.45) is 2.89. The van der Waals surface area contributed by atoms with E-state index in [1.807, 2.05) is 30.3 Å². The Morgan fingerprint density at radius 2 is 2.14 bits per heavy atom. The van der Waals surface area contributed by atoms with E-state index in [4.69, 9.17) is 10.5 Å². The van der Waals surface area contributed by atoms with Gasteiger partial charge < -0.3 is 15.8 Å². The molecule has 2 atom stereocenters. The fraction of sp³-hybridized carbons (Fsp3) is 0.588. The largest absolute Gasteiger partial charge is 0.375 e. The maximum atomic E-state index is 12.1. The van der Waals surface area contributed by atoms with E-state index in [9.17, 15) is 4.79 Å². The van der Waals surface area contributed by atoms with Crippen LogP contribution in [0.5, 0.6) is 0 Å². The highest BCUT2D eigenvalue weighted by Gasteiger charge is 2.29. The molecule has 1 saturated heterocycles. The molecule has 0 aliphatic carbocycles. The van der Waals surface area contributed by atoms with Crippen LogP contribution in [0.1, 0.15) is 51.1 Å². The molecule has 0 bridgehead atoms. The van der Waals surface area contributed by atoms with Crippen molar-refractivity contribution in [3.8, 4) is 0 Å². The number of carbonyl (C=O) groups excluding carboxylic acids is 1. The van der Waals surface area contributed by atoms with Crippen LogP contribution in [-0.4, -0.2) is 24.2 Å². The number of ether oxygens (including phenoxy) is 1. The van der Waals surface area contributed by atoms with Crippen LogP contribution in [0.25, 0.3) is 0 Å². The number of nitrogens with one attached hydrogen (secondary N) is 1. The molecule has 116 valence electrons. The third-order valence-corrected chi connectivity index (χ3v) is 3.97. The quantitative estimate of drug-likeness (QED) is 0.876. The molecular weight excluding hydrogens is 264 g/mol. The molecule has 1 amide bonds. The molecule has 1 aliphatic heterocycles. The highest BCUT2D eigenvalue weighted by Crippen LogP contribution is 2.24. The van der Waals surface area contributed by atoms with E-state index in [0.717, 1.165) is 18.4 Å². The van der Waals surface area contributed by atoms with Gasteiger partial charge in [0.2, 0.25) is 5.91 Å². The van der Waals surface area contributed by atoms with Gasteiger partial charge >= 0.3 is 0 Å². The van der Waals surface area contributed by atoms with Crippen molar-refractivity contribution in [1.29, 1.82) is 0 Å². The fourth-order valence-electron chi connectivity index (χ4n) is 2.81. The zero-order chi connectivity index (χ0) is 15.3. The van der Waals surface area contributed by atoms with Gasteiger partial charge in [0.05, 0.1) is 5.60 Å². The minimum absolute atomic E-state index is 0.0805. The van der Waals surface area contributed by atoms with E-state index in [1.54, 1.807) is 0 Å². The van der Waals surface area contributed by atoms with Crippen molar-refractivity contribution in [2.75, 3.05) is 6.61 Å². The van der Waals surface area contributed by atoms with Gasteiger partial charge in [-0.3, -0.25) is 4.79 Å². The van der Waals surface area contributed by atoms with E-state index in [2.05, 4.69) is 19.2 Å². The lowest BCUT2D eigenvalue weighted by Gasteiger charge is -2.35. The predicted octanol–water partition coefficient (Wildman–Crippen LogP) is 2.54. The number of carbonyl (C=O) groups is 1. The summed E-state index contributed by atoms with van der Waals surface area (Å²) in [4.78, 5) is 12.1. The number of rotatable bonds is 5. The SMILES string of the molecule is CC1(C)CC(NC(=O)CCC(N)c2ccccc2)CCO1. The molecule has 2 rings (SSSR count). The average Bonchev–Trinajstić information content (AvgIpc) is 2.44. The van der Waals surface area contributed by atoms with Crippen LogP contribution >= 0.6 is 0 Å². The molecule has 4 nitrogen and oxygen atoms in total. The second kappa shape index (κ2) is 7.05. The smallest absolute Gasteiger partial charge is 0.220 e. The summed E-state index contributed by atoms with van der Waals surface area (Å²) < 4.78 is 5.66. The lowest BCUT2D eigenvalue weighted by atomic mass is 9.93. The predicted molar refractivity (Wildman–Crippen MR) is 83.8 cm³/mol. The molecule has 0 aromatic heterocycles. The van der Waals surface area contributed by atoms with E-state index in [-0.39, 0.29) is 23.6 Å². The summed E-state index contributed by atoms with van der Waals surface area (Å²) in [6.45, 7) is 4.84. The molecule has 2 unspecified atom stereocenters. The van der Waals surface area contributed by atoms with Crippen LogP contribution in [0.3, 0.4) is 0 Å². The van der Waals surface area contributed by atoms with Gasteiger partial charge in [0.25, 0.3) is 0 Å². The Morgan fingerprint density at radius 1 is 1.43 bits per heavy atom. The van der Waals surface area contributed by atoms with Gasteiger partial charge in [0.1, 0.15) is 0 Å². The van der Waals surface area contributed by atoms with Crippen molar-refractivity contribution in [1.82, 2.24) is 5.32 Å². The van der Waals surface area contributed by atoms with E-state index >= 15 is 0 Å². The topological polar surface area (TPSA) is 64.4 Å². The van der Waals surface area contributed by atoms with Gasteiger partial charge in [-0.25, -0.2) is 0 Å². The Morgan fingerprint density at radius 3 is 2.81 bits per heavy atom. The summed E-state index contributed by atoms with van der Waals surface area (Å²) in [5.41, 5.74) is 7.06. The molecule has 0 saturated carbocycles. The van der Waals surface area contributed by atoms with Crippen molar-refractivity contribution < 1.29 is 9.53 Å². The Hall–Kier alpha value is -1.39. The van der Waals surface area contributed by atoms with Gasteiger partial charge in [-0.1, -0.05) is 30.3 Å². The number of nitrogens with two attached hydrogens (primary N) is 1. The Kier molecular flexibility index (Phi) is 5.37. The van der Waals surface area contributed by atoms with Crippen molar-refractivity contribution >= 4 is 5.91 Å². The third kappa shape index (κ3) is 5.14. The van der Waals surface area contributed by atoms with Crippen LogP contribution in [0, 0.1) is 0 Å². The molecule has 1 aliphatic rings. The lowest BCUT2D eigenvalue weighted by Crippen LogP contribution is -2.45. The minimum Gasteiger partial charge on any atom is -0.375 e. The summed E-state index contributed by atoms with van der Waals surface area (Å²) in [7, 11) is 0. The number of hydrogen-bond donors (Lipinski definition) is 2. The van der Waals surface area contributed by atoms with Crippen LogP contribution in [-0.2, 0) is 9.53 Å². The minimum atomic E-state index is -0.142. The molecular formula is C17H26N2O2. The first kappa shape index (κ1) is 16.0. The zero-order valence-electron chi connectivity index (χ0n) is 13.0. The van der Waals surface area contributed by atoms with Gasteiger partial charge in [-0.2, -0.15) is 0 Å². The maximum absolute atomic E-state index is 12.1. The maximum Gasteiger partial charge on any atom is 0.220 e. The number of benzene rings is 1. The Labute approximate surface area is 127 Å². The first-order valence-corrected chi connectivity index (χ1v) is 7.70. The molecule has 1 fully saturated rings. The number of hydrogen-bond acceptors (Lipinski definition) is 3. The molecule has 0 radical (unpaired) electrons. The summed E-state index contributed by atoms with van der Waals surface area (Å²) in [6, 6.07) is 10.1. The van der Waals surface area contributed by atoms with Gasteiger partial charge in [0, 0.05) is 25.1 Å². The van der Waals surface area contributed by atoms with Crippen LogP contribution in [0.4, 0.5) is 0 Å².